The van der Waals surface area contributed by atoms with Gasteiger partial charge in [-0.25, -0.2) is 0 Å². The molecule has 5 atom stereocenters. The number of hydrogen-bond donors (Lipinski definition) is 4. The number of ether oxygens (including phenoxy) is 2. The molecule has 0 saturated carbocycles. The molecule has 0 aromatic heterocycles. The van der Waals surface area contributed by atoms with Crippen molar-refractivity contribution in [1.82, 2.24) is 0 Å². The van der Waals surface area contributed by atoms with Crippen molar-refractivity contribution in [3.63, 3.8) is 0 Å². The van der Waals surface area contributed by atoms with E-state index in [1.807, 2.05) is 0 Å². The van der Waals surface area contributed by atoms with Crippen LogP contribution in [0.3, 0.4) is 0 Å². The molecule has 106 valence electrons. The maximum absolute atomic E-state index is 9.87. The summed E-state index contributed by atoms with van der Waals surface area (Å²) >= 11 is 0. The van der Waals surface area contributed by atoms with Gasteiger partial charge in [0, 0.05) is 5.69 Å². The highest BCUT2D eigenvalue weighted by Crippen LogP contribution is 2.23. The summed E-state index contributed by atoms with van der Waals surface area (Å²) < 4.78 is 10.5. The first-order chi connectivity index (χ1) is 9.02. The van der Waals surface area contributed by atoms with E-state index in [1.54, 1.807) is 38.3 Å². The van der Waals surface area contributed by atoms with E-state index < -0.39 is 30.6 Å². The zero-order valence-corrected chi connectivity index (χ0v) is 10.9. The Kier molecular flexibility index (Phi) is 4.26. The fourth-order valence-electron chi connectivity index (χ4n) is 2.02. The van der Waals surface area contributed by atoms with Gasteiger partial charge in [-0.3, -0.25) is 0 Å². The zero-order chi connectivity index (χ0) is 14.0. The van der Waals surface area contributed by atoms with Crippen molar-refractivity contribution in [3.05, 3.63) is 24.3 Å². The van der Waals surface area contributed by atoms with E-state index in [9.17, 15) is 15.3 Å². The number of benzene rings is 1. The minimum Gasteiger partial charge on any atom is -0.497 e. The predicted molar refractivity (Wildman–Crippen MR) is 69.0 cm³/mol. The molecular weight excluding hydrogens is 250 g/mol. The molecule has 1 fully saturated rings. The summed E-state index contributed by atoms with van der Waals surface area (Å²) in [5.41, 5.74) is 0.723. The van der Waals surface area contributed by atoms with E-state index in [1.165, 1.54) is 0 Å². The van der Waals surface area contributed by atoms with E-state index in [2.05, 4.69) is 5.32 Å². The Morgan fingerprint density at radius 2 is 1.68 bits per heavy atom. The van der Waals surface area contributed by atoms with Crippen molar-refractivity contribution < 1.29 is 24.8 Å². The monoisotopic (exact) mass is 269 g/mol. The Labute approximate surface area is 111 Å². The van der Waals surface area contributed by atoms with Crippen LogP contribution in [0.2, 0.25) is 0 Å². The summed E-state index contributed by atoms with van der Waals surface area (Å²) in [5, 5.41) is 32.1. The average Bonchev–Trinajstić information content (AvgIpc) is 2.43. The van der Waals surface area contributed by atoms with E-state index in [0.29, 0.717) is 0 Å². The first-order valence-electron chi connectivity index (χ1n) is 6.13. The van der Waals surface area contributed by atoms with Crippen LogP contribution in [0.4, 0.5) is 5.69 Å². The third-order valence-electron chi connectivity index (χ3n) is 3.25. The lowest BCUT2D eigenvalue weighted by molar-refractivity contribution is -0.209. The van der Waals surface area contributed by atoms with Crippen LogP contribution in [-0.2, 0) is 4.74 Å². The van der Waals surface area contributed by atoms with E-state index >= 15 is 0 Å². The Hall–Kier alpha value is -1.34. The summed E-state index contributed by atoms with van der Waals surface area (Å²) in [5.74, 6) is 0.722. The van der Waals surface area contributed by atoms with Crippen LogP contribution in [0.5, 0.6) is 5.75 Å². The molecule has 4 N–H and O–H groups in total. The van der Waals surface area contributed by atoms with Gasteiger partial charge in [-0.15, -0.1) is 0 Å². The number of nitrogens with one attached hydrogen (secondary N) is 1. The van der Waals surface area contributed by atoms with Gasteiger partial charge in [0.05, 0.1) is 13.2 Å². The Morgan fingerprint density at radius 3 is 2.26 bits per heavy atom. The van der Waals surface area contributed by atoms with Gasteiger partial charge >= 0.3 is 0 Å². The highest BCUT2D eigenvalue weighted by molar-refractivity contribution is 5.47. The van der Waals surface area contributed by atoms with E-state index in [0.717, 1.165) is 11.4 Å². The molecular formula is C13H19NO5. The number of aliphatic hydroxyl groups is 3. The van der Waals surface area contributed by atoms with Crippen LogP contribution in [0.1, 0.15) is 6.92 Å². The van der Waals surface area contributed by atoms with Gasteiger partial charge < -0.3 is 30.1 Å². The molecule has 1 heterocycles. The molecule has 0 bridgehead atoms. The van der Waals surface area contributed by atoms with Gasteiger partial charge in [0.15, 0.2) is 6.23 Å². The molecule has 0 aliphatic carbocycles. The summed E-state index contributed by atoms with van der Waals surface area (Å²) in [7, 11) is 1.58. The fourth-order valence-corrected chi connectivity index (χ4v) is 2.02. The van der Waals surface area contributed by atoms with Crippen LogP contribution in [0.25, 0.3) is 0 Å². The molecule has 0 amide bonds. The van der Waals surface area contributed by atoms with Crippen molar-refractivity contribution in [2.75, 3.05) is 12.4 Å². The second-order valence-corrected chi connectivity index (χ2v) is 4.61. The third kappa shape index (κ3) is 2.98. The topological polar surface area (TPSA) is 91.2 Å². The fraction of sp³-hybridized carbons (Fsp3) is 0.538. The summed E-state index contributed by atoms with van der Waals surface area (Å²) in [4.78, 5) is 0. The smallest absolute Gasteiger partial charge is 0.157 e. The molecule has 0 radical (unpaired) electrons. The molecule has 6 nitrogen and oxygen atoms in total. The molecule has 2 rings (SSSR count). The Bertz CT molecular complexity index is 410. The highest BCUT2D eigenvalue weighted by atomic mass is 16.5. The molecule has 1 saturated heterocycles. The molecule has 1 aliphatic heterocycles. The van der Waals surface area contributed by atoms with Gasteiger partial charge in [0.1, 0.15) is 24.1 Å². The SMILES string of the molecule is COc1ccc(NC2OC(C)C(O)C(O)C2O)cc1. The highest BCUT2D eigenvalue weighted by Gasteiger charge is 2.41. The summed E-state index contributed by atoms with van der Waals surface area (Å²) in [6, 6.07) is 7.09. The van der Waals surface area contributed by atoms with Crippen molar-refractivity contribution in [3.8, 4) is 5.75 Å². The van der Waals surface area contributed by atoms with Gasteiger partial charge in [0.25, 0.3) is 0 Å². The average molecular weight is 269 g/mol. The van der Waals surface area contributed by atoms with Gasteiger partial charge in [-0.2, -0.15) is 0 Å². The van der Waals surface area contributed by atoms with E-state index in [4.69, 9.17) is 9.47 Å². The second kappa shape index (κ2) is 5.75. The minimum atomic E-state index is -1.24. The van der Waals surface area contributed by atoms with Crippen LogP contribution >= 0.6 is 0 Å². The molecule has 19 heavy (non-hydrogen) atoms. The largest absolute Gasteiger partial charge is 0.497 e. The predicted octanol–water partition coefficient (Wildman–Crippen LogP) is -0.0654. The molecule has 1 aliphatic rings. The number of methoxy groups -OCH3 is 1. The molecule has 1 aromatic rings. The lowest BCUT2D eigenvalue weighted by atomic mass is 9.99. The van der Waals surface area contributed by atoms with Crippen molar-refractivity contribution in [1.29, 1.82) is 0 Å². The lowest BCUT2D eigenvalue weighted by Gasteiger charge is -2.39. The minimum absolute atomic E-state index is 0.561. The van der Waals surface area contributed by atoms with Gasteiger partial charge in [-0.05, 0) is 31.2 Å². The van der Waals surface area contributed by atoms with Crippen molar-refractivity contribution in [2.45, 2.75) is 37.6 Å². The normalized spacial score (nSPS) is 34.9. The first-order valence-corrected chi connectivity index (χ1v) is 6.13. The van der Waals surface area contributed by atoms with Gasteiger partial charge in [0.2, 0.25) is 0 Å². The quantitative estimate of drug-likeness (QED) is 0.614. The van der Waals surface area contributed by atoms with Crippen LogP contribution in [-0.4, -0.2) is 53.1 Å². The zero-order valence-electron chi connectivity index (χ0n) is 10.9. The van der Waals surface area contributed by atoms with E-state index in [-0.39, 0.29) is 0 Å². The number of aliphatic hydroxyl groups excluding tert-OH is 3. The maximum atomic E-state index is 9.87. The molecule has 5 unspecified atom stereocenters. The van der Waals surface area contributed by atoms with Crippen LogP contribution < -0.4 is 10.1 Å². The van der Waals surface area contributed by atoms with Gasteiger partial charge in [-0.1, -0.05) is 0 Å². The Morgan fingerprint density at radius 1 is 1.05 bits per heavy atom. The Balaban J connectivity index is 2.05. The second-order valence-electron chi connectivity index (χ2n) is 4.61. The van der Waals surface area contributed by atoms with Crippen LogP contribution in [0.15, 0.2) is 24.3 Å². The molecule has 0 spiro atoms. The molecule has 6 heteroatoms. The number of hydrogen-bond acceptors (Lipinski definition) is 6. The van der Waals surface area contributed by atoms with Crippen molar-refractivity contribution >= 4 is 5.69 Å². The standard InChI is InChI=1S/C13H19NO5/c1-7-10(15)11(16)12(17)13(19-7)14-8-3-5-9(18-2)6-4-8/h3-7,10-17H,1-2H3. The summed E-state index contributed by atoms with van der Waals surface area (Å²) in [6.07, 6.45) is -4.87. The van der Waals surface area contributed by atoms with Crippen LogP contribution in [0, 0.1) is 0 Å². The number of rotatable bonds is 3. The first kappa shape index (κ1) is 14.1. The third-order valence-corrected chi connectivity index (χ3v) is 3.25. The maximum Gasteiger partial charge on any atom is 0.157 e. The number of anilines is 1. The lowest BCUT2D eigenvalue weighted by Crippen LogP contribution is -2.58. The summed E-state index contributed by atoms with van der Waals surface area (Å²) in [6.45, 7) is 1.64. The molecule has 1 aromatic carbocycles. The van der Waals surface area contributed by atoms with Crippen molar-refractivity contribution in [2.24, 2.45) is 0 Å².